The number of ether oxygens (including phenoxy) is 1. The van der Waals surface area contributed by atoms with Crippen molar-refractivity contribution in [1.29, 1.82) is 0 Å². The minimum atomic E-state index is -0.217. The zero-order valence-electron chi connectivity index (χ0n) is 13.2. The van der Waals surface area contributed by atoms with E-state index in [1.54, 1.807) is 0 Å². The first-order valence-corrected chi connectivity index (χ1v) is 7.53. The Balaban J connectivity index is 2.49. The van der Waals surface area contributed by atoms with Crippen molar-refractivity contribution < 1.29 is 9.53 Å². The highest BCUT2D eigenvalue weighted by Crippen LogP contribution is 2.16. The topological polar surface area (TPSA) is 29.5 Å². The first-order valence-electron chi connectivity index (χ1n) is 7.53. The number of anilines is 1. The molecular formula is C17H27NO2. The molecule has 1 rings (SSSR count). The zero-order chi connectivity index (χ0) is 15.0. The van der Waals surface area contributed by atoms with Gasteiger partial charge in [0, 0.05) is 19.8 Å². The van der Waals surface area contributed by atoms with Crippen LogP contribution in [0.25, 0.3) is 0 Å². The first kappa shape index (κ1) is 16.5. The van der Waals surface area contributed by atoms with Crippen molar-refractivity contribution in [1.82, 2.24) is 0 Å². The highest BCUT2D eigenvalue weighted by atomic mass is 16.5. The molecule has 0 saturated heterocycles. The standard InChI is InChI=1S/C17H27NO2/c1-5-7-8-14(6-2)13-20-17(19)15-9-11-16(12-10-15)18(3)4/h9-12,14H,5-8,13H2,1-4H3/t14-/m0/s1. The molecule has 0 N–H and O–H groups in total. The van der Waals surface area contributed by atoms with Gasteiger partial charge < -0.3 is 9.64 Å². The number of carbonyl (C=O) groups is 1. The lowest BCUT2D eigenvalue weighted by molar-refractivity contribution is 0.0428. The molecule has 0 amide bonds. The smallest absolute Gasteiger partial charge is 0.338 e. The van der Waals surface area contributed by atoms with Crippen molar-refractivity contribution >= 4 is 11.7 Å². The average molecular weight is 277 g/mol. The Hall–Kier alpha value is -1.51. The largest absolute Gasteiger partial charge is 0.462 e. The summed E-state index contributed by atoms with van der Waals surface area (Å²) >= 11 is 0. The van der Waals surface area contributed by atoms with Crippen LogP contribution in [0.4, 0.5) is 5.69 Å². The third kappa shape index (κ3) is 5.24. The highest BCUT2D eigenvalue weighted by Gasteiger charge is 2.11. The molecule has 0 aliphatic rings. The van der Waals surface area contributed by atoms with Gasteiger partial charge in [0.15, 0.2) is 0 Å². The van der Waals surface area contributed by atoms with E-state index in [0.29, 0.717) is 18.1 Å². The number of hydrogen-bond donors (Lipinski definition) is 0. The van der Waals surface area contributed by atoms with Crippen molar-refractivity contribution in [3.63, 3.8) is 0 Å². The van der Waals surface area contributed by atoms with Crippen molar-refractivity contribution in [2.24, 2.45) is 5.92 Å². The fourth-order valence-corrected chi connectivity index (χ4v) is 2.07. The van der Waals surface area contributed by atoms with E-state index in [-0.39, 0.29) is 5.97 Å². The summed E-state index contributed by atoms with van der Waals surface area (Å²) in [5.74, 6) is 0.269. The molecule has 1 aromatic rings. The van der Waals surface area contributed by atoms with Crippen LogP contribution in [-0.4, -0.2) is 26.7 Å². The van der Waals surface area contributed by atoms with Crippen LogP contribution in [0.3, 0.4) is 0 Å². The van der Waals surface area contributed by atoms with Gasteiger partial charge in [-0.3, -0.25) is 0 Å². The molecule has 112 valence electrons. The van der Waals surface area contributed by atoms with Crippen LogP contribution in [0.15, 0.2) is 24.3 Å². The second kappa shape index (κ2) is 8.62. The normalized spacial score (nSPS) is 12.0. The zero-order valence-corrected chi connectivity index (χ0v) is 13.2. The van der Waals surface area contributed by atoms with Crippen molar-refractivity contribution in [2.45, 2.75) is 39.5 Å². The second-order valence-electron chi connectivity index (χ2n) is 5.46. The van der Waals surface area contributed by atoms with Gasteiger partial charge in [-0.15, -0.1) is 0 Å². The second-order valence-corrected chi connectivity index (χ2v) is 5.46. The van der Waals surface area contributed by atoms with Gasteiger partial charge >= 0.3 is 5.97 Å². The van der Waals surface area contributed by atoms with E-state index in [1.165, 1.54) is 12.8 Å². The number of benzene rings is 1. The molecule has 0 heterocycles. The summed E-state index contributed by atoms with van der Waals surface area (Å²) in [4.78, 5) is 14.0. The number of carbonyl (C=O) groups excluding carboxylic acids is 1. The average Bonchev–Trinajstić information content (AvgIpc) is 2.47. The monoisotopic (exact) mass is 277 g/mol. The van der Waals surface area contributed by atoms with Gasteiger partial charge in [-0.25, -0.2) is 4.79 Å². The minimum Gasteiger partial charge on any atom is -0.462 e. The van der Waals surface area contributed by atoms with Crippen LogP contribution in [0.5, 0.6) is 0 Å². The van der Waals surface area contributed by atoms with Crippen LogP contribution in [0.2, 0.25) is 0 Å². The van der Waals surface area contributed by atoms with Gasteiger partial charge in [-0.2, -0.15) is 0 Å². The highest BCUT2D eigenvalue weighted by molar-refractivity contribution is 5.89. The molecule has 0 unspecified atom stereocenters. The SMILES string of the molecule is CCCC[C@H](CC)COC(=O)c1ccc(N(C)C)cc1. The quantitative estimate of drug-likeness (QED) is 0.669. The molecule has 1 aromatic carbocycles. The van der Waals surface area contributed by atoms with Crippen LogP contribution >= 0.6 is 0 Å². The number of nitrogens with zero attached hydrogens (tertiary/aromatic N) is 1. The molecule has 0 fully saturated rings. The van der Waals surface area contributed by atoms with Crippen LogP contribution in [0, 0.1) is 5.92 Å². The van der Waals surface area contributed by atoms with Gasteiger partial charge in [-0.1, -0.05) is 33.1 Å². The maximum absolute atomic E-state index is 12.0. The van der Waals surface area contributed by atoms with Crippen molar-refractivity contribution in [3.05, 3.63) is 29.8 Å². The van der Waals surface area contributed by atoms with E-state index in [0.717, 1.165) is 18.5 Å². The summed E-state index contributed by atoms with van der Waals surface area (Å²) in [5, 5.41) is 0. The number of rotatable bonds is 8. The van der Waals surface area contributed by atoms with Crippen LogP contribution < -0.4 is 4.90 Å². The van der Waals surface area contributed by atoms with E-state index >= 15 is 0 Å². The van der Waals surface area contributed by atoms with Crippen LogP contribution in [0.1, 0.15) is 49.9 Å². The summed E-state index contributed by atoms with van der Waals surface area (Å²) in [6.07, 6.45) is 4.59. The molecule has 0 saturated carbocycles. The van der Waals surface area contributed by atoms with Crippen LogP contribution in [-0.2, 0) is 4.74 Å². The summed E-state index contributed by atoms with van der Waals surface area (Å²) in [6, 6.07) is 7.52. The lowest BCUT2D eigenvalue weighted by Gasteiger charge is -2.15. The molecule has 0 bridgehead atoms. The predicted octanol–water partition coefficient (Wildman–Crippen LogP) is 4.13. The van der Waals surface area contributed by atoms with Gasteiger partial charge in [0.05, 0.1) is 12.2 Å². The Kier molecular flexibility index (Phi) is 7.13. The number of hydrogen-bond acceptors (Lipinski definition) is 3. The van der Waals surface area contributed by atoms with E-state index in [1.807, 2.05) is 43.3 Å². The summed E-state index contributed by atoms with van der Waals surface area (Å²) in [7, 11) is 3.96. The van der Waals surface area contributed by atoms with Crippen molar-refractivity contribution in [2.75, 3.05) is 25.6 Å². The predicted molar refractivity (Wildman–Crippen MR) is 84.4 cm³/mol. The van der Waals surface area contributed by atoms with E-state index < -0.39 is 0 Å². The lowest BCUT2D eigenvalue weighted by Crippen LogP contribution is -2.14. The molecular weight excluding hydrogens is 250 g/mol. The summed E-state index contributed by atoms with van der Waals surface area (Å²) in [6.45, 7) is 4.87. The van der Waals surface area contributed by atoms with Gasteiger partial charge in [0.2, 0.25) is 0 Å². The Labute approximate surface area is 122 Å². The van der Waals surface area contributed by atoms with Crippen molar-refractivity contribution in [3.8, 4) is 0 Å². The molecule has 3 nitrogen and oxygen atoms in total. The third-order valence-corrected chi connectivity index (χ3v) is 3.61. The molecule has 0 aliphatic carbocycles. The summed E-state index contributed by atoms with van der Waals surface area (Å²) < 4.78 is 5.43. The summed E-state index contributed by atoms with van der Waals surface area (Å²) in [5.41, 5.74) is 1.71. The number of esters is 1. The van der Waals surface area contributed by atoms with E-state index in [9.17, 15) is 4.79 Å². The van der Waals surface area contributed by atoms with Gasteiger partial charge in [0.25, 0.3) is 0 Å². The maximum Gasteiger partial charge on any atom is 0.338 e. The first-order chi connectivity index (χ1) is 9.58. The molecule has 20 heavy (non-hydrogen) atoms. The maximum atomic E-state index is 12.0. The molecule has 1 atom stereocenters. The lowest BCUT2D eigenvalue weighted by atomic mass is 10.0. The molecule has 0 aliphatic heterocycles. The number of unbranched alkanes of at least 4 members (excludes halogenated alkanes) is 1. The Morgan fingerprint density at radius 2 is 1.85 bits per heavy atom. The minimum absolute atomic E-state index is 0.217. The fourth-order valence-electron chi connectivity index (χ4n) is 2.07. The van der Waals surface area contributed by atoms with Gasteiger partial charge in [0.1, 0.15) is 0 Å². The molecule has 0 spiro atoms. The van der Waals surface area contributed by atoms with E-state index in [2.05, 4.69) is 13.8 Å². The Bertz CT molecular complexity index is 398. The Morgan fingerprint density at radius 1 is 1.20 bits per heavy atom. The molecule has 3 heteroatoms. The Morgan fingerprint density at radius 3 is 2.35 bits per heavy atom. The molecule has 0 radical (unpaired) electrons. The molecule has 0 aromatic heterocycles. The third-order valence-electron chi connectivity index (χ3n) is 3.61. The fraction of sp³-hybridized carbons (Fsp3) is 0.588. The van der Waals surface area contributed by atoms with Gasteiger partial charge in [-0.05, 0) is 36.6 Å². The van der Waals surface area contributed by atoms with E-state index in [4.69, 9.17) is 4.74 Å².